The predicted octanol–water partition coefficient (Wildman–Crippen LogP) is 7.35. The van der Waals surface area contributed by atoms with Crippen LogP contribution in [0.1, 0.15) is 22.3 Å². The van der Waals surface area contributed by atoms with E-state index in [9.17, 15) is 10.1 Å². The highest BCUT2D eigenvalue weighted by Gasteiger charge is 2.10. The number of nitriles is 1. The molecule has 6 heteroatoms. The molecule has 37 heavy (non-hydrogen) atoms. The van der Waals surface area contributed by atoms with Crippen LogP contribution >= 0.6 is 11.6 Å². The molecule has 0 aromatic heterocycles. The molecule has 184 valence electrons. The number of hydrogen-bond donors (Lipinski definition) is 1. The highest BCUT2D eigenvalue weighted by Crippen LogP contribution is 2.20. The quantitative estimate of drug-likeness (QED) is 0.189. The first-order valence-corrected chi connectivity index (χ1v) is 12.1. The van der Waals surface area contributed by atoms with E-state index in [1.807, 2.05) is 85.8 Å². The second kappa shape index (κ2) is 12.4. The summed E-state index contributed by atoms with van der Waals surface area (Å²) in [5.74, 6) is 0.879. The molecule has 0 spiro atoms. The first-order valence-electron chi connectivity index (χ1n) is 11.7. The van der Waals surface area contributed by atoms with Gasteiger partial charge in [-0.15, -0.1) is 0 Å². The van der Waals surface area contributed by atoms with Crippen molar-refractivity contribution >= 4 is 29.3 Å². The van der Waals surface area contributed by atoms with Crippen LogP contribution in [0.3, 0.4) is 0 Å². The number of anilines is 1. The van der Waals surface area contributed by atoms with Crippen molar-refractivity contribution in [3.63, 3.8) is 0 Å². The third-order valence-electron chi connectivity index (χ3n) is 5.51. The summed E-state index contributed by atoms with van der Waals surface area (Å²) in [5, 5.41) is 13.0. The van der Waals surface area contributed by atoms with Crippen LogP contribution in [0.25, 0.3) is 6.08 Å². The molecule has 0 unspecified atom stereocenters. The van der Waals surface area contributed by atoms with Gasteiger partial charge in [0.15, 0.2) is 0 Å². The lowest BCUT2D eigenvalue weighted by atomic mass is 10.1. The summed E-state index contributed by atoms with van der Waals surface area (Å²) in [6.07, 6.45) is 1.54. The van der Waals surface area contributed by atoms with Crippen LogP contribution < -0.4 is 14.8 Å². The first kappa shape index (κ1) is 25.6. The zero-order chi connectivity index (χ0) is 26.0. The second-order valence-corrected chi connectivity index (χ2v) is 8.84. The lowest BCUT2D eigenvalue weighted by Gasteiger charge is -2.09. The number of rotatable bonds is 9. The topological polar surface area (TPSA) is 71.3 Å². The Morgan fingerprint density at radius 3 is 1.86 bits per heavy atom. The Labute approximate surface area is 221 Å². The molecule has 4 aromatic rings. The molecule has 1 amide bonds. The van der Waals surface area contributed by atoms with Gasteiger partial charge in [0.05, 0.1) is 0 Å². The van der Waals surface area contributed by atoms with Crippen molar-refractivity contribution in [2.45, 2.75) is 20.1 Å². The van der Waals surface area contributed by atoms with Crippen LogP contribution in [0.5, 0.6) is 11.5 Å². The Kier molecular flexibility index (Phi) is 8.59. The van der Waals surface area contributed by atoms with Crippen LogP contribution in [0.4, 0.5) is 5.69 Å². The van der Waals surface area contributed by atoms with E-state index >= 15 is 0 Å². The highest BCUT2D eigenvalue weighted by atomic mass is 35.5. The van der Waals surface area contributed by atoms with Gasteiger partial charge in [0.25, 0.3) is 5.91 Å². The number of carbonyl (C=O) groups excluding carboxylic acids is 1. The van der Waals surface area contributed by atoms with Crippen molar-refractivity contribution in [3.05, 3.63) is 130 Å². The standard InChI is InChI=1S/C31H25ClN2O3/c1-22-2-4-24(5-3-22)20-36-29-14-8-23(9-15-29)18-26(19-33)31(35)34-28-12-16-30(17-13-28)37-21-25-6-10-27(32)11-7-25/h2-18H,20-21H2,1H3,(H,34,35)/b26-18+. The molecule has 0 radical (unpaired) electrons. The number of halogens is 1. The van der Waals surface area contributed by atoms with E-state index in [-0.39, 0.29) is 5.57 Å². The van der Waals surface area contributed by atoms with Crippen molar-refractivity contribution in [2.75, 3.05) is 5.32 Å². The summed E-state index contributed by atoms with van der Waals surface area (Å²) in [6, 6.07) is 31.8. The SMILES string of the molecule is Cc1ccc(COc2ccc(/C=C(\C#N)C(=O)Nc3ccc(OCc4ccc(Cl)cc4)cc3)cc2)cc1. The first-order chi connectivity index (χ1) is 18.0. The van der Waals surface area contributed by atoms with Crippen LogP contribution in [0.2, 0.25) is 5.02 Å². The summed E-state index contributed by atoms with van der Waals surface area (Å²) in [7, 11) is 0. The van der Waals surface area contributed by atoms with Crippen molar-refractivity contribution < 1.29 is 14.3 Å². The maximum absolute atomic E-state index is 12.7. The molecular formula is C31H25ClN2O3. The number of hydrogen-bond acceptors (Lipinski definition) is 4. The minimum absolute atomic E-state index is 0.00334. The predicted molar refractivity (Wildman–Crippen MR) is 146 cm³/mol. The monoisotopic (exact) mass is 508 g/mol. The van der Waals surface area contributed by atoms with Gasteiger partial charge in [-0.2, -0.15) is 5.26 Å². The number of ether oxygens (including phenoxy) is 2. The molecule has 0 aliphatic rings. The summed E-state index contributed by atoms with van der Waals surface area (Å²) in [5.41, 5.74) is 4.56. The van der Waals surface area contributed by atoms with Gasteiger partial charge < -0.3 is 14.8 Å². The van der Waals surface area contributed by atoms with Gasteiger partial charge in [-0.25, -0.2) is 0 Å². The molecule has 0 saturated carbocycles. The Morgan fingerprint density at radius 2 is 1.32 bits per heavy atom. The van der Waals surface area contributed by atoms with E-state index in [1.54, 1.807) is 30.3 Å². The molecule has 0 aliphatic heterocycles. The van der Waals surface area contributed by atoms with Gasteiger partial charge in [0.2, 0.25) is 0 Å². The molecule has 0 saturated heterocycles. The molecule has 4 rings (SSSR count). The minimum atomic E-state index is -0.489. The average Bonchev–Trinajstić information content (AvgIpc) is 2.92. The van der Waals surface area contributed by atoms with E-state index in [4.69, 9.17) is 21.1 Å². The summed E-state index contributed by atoms with van der Waals surface area (Å²) >= 11 is 5.90. The molecule has 0 bridgehead atoms. The number of carbonyl (C=O) groups is 1. The van der Waals surface area contributed by atoms with Crippen molar-refractivity contribution in [2.24, 2.45) is 0 Å². The Balaban J connectivity index is 1.31. The van der Waals surface area contributed by atoms with Gasteiger partial charge in [-0.05, 0) is 78.2 Å². The Hall–Kier alpha value is -4.53. The maximum Gasteiger partial charge on any atom is 0.266 e. The summed E-state index contributed by atoms with van der Waals surface area (Å²) < 4.78 is 11.6. The third-order valence-corrected chi connectivity index (χ3v) is 5.77. The summed E-state index contributed by atoms with van der Waals surface area (Å²) in [4.78, 5) is 12.7. The highest BCUT2D eigenvalue weighted by molar-refractivity contribution is 6.30. The normalized spacial score (nSPS) is 10.9. The molecule has 4 aromatic carbocycles. The molecule has 0 aliphatic carbocycles. The molecule has 1 N–H and O–H groups in total. The van der Waals surface area contributed by atoms with Crippen molar-refractivity contribution in [1.82, 2.24) is 0 Å². The van der Waals surface area contributed by atoms with E-state index in [1.165, 1.54) is 5.56 Å². The minimum Gasteiger partial charge on any atom is -0.489 e. The van der Waals surface area contributed by atoms with Gasteiger partial charge in [0, 0.05) is 10.7 Å². The van der Waals surface area contributed by atoms with Gasteiger partial charge in [-0.1, -0.05) is 65.7 Å². The fraction of sp³-hybridized carbons (Fsp3) is 0.0968. The van der Waals surface area contributed by atoms with Crippen LogP contribution in [0.15, 0.2) is 103 Å². The smallest absolute Gasteiger partial charge is 0.266 e. The summed E-state index contributed by atoms with van der Waals surface area (Å²) in [6.45, 7) is 2.91. The van der Waals surface area contributed by atoms with Gasteiger partial charge in [0.1, 0.15) is 36.4 Å². The molecule has 0 heterocycles. The van der Waals surface area contributed by atoms with Gasteiger partial charge in [-0.3, -0.25) is 4.79 Å². The Bertz CT molecular complexity index is 1400. The number of nitrogens with zero attached hydrogens (tertiary/aromatic N) is 1. The molecule has 0 atom stereocenters. The fourth-order valence-electron chi connectivity index (χ4n) is 3.41. The third kappa shape index (κ3) is 7.73. The van der Waals surface area contributed by atoms with Gasteiger partial charge >= 0.3 is 0 Å². The number of aryl methyl sites for hydroxylation is 1. The lowest BCUT2D eigenvalue weighted by molar-refractivity contribution is -0.112. The van der Waals surface area contributed by atoms with Crippen LogP contribution in [-0.2, 0) is 18.0 Å². The second-order valence-electron chi connectivity index (χ2n) is 8.41. The van der Waals surface area contributed by atoms with E-state index in [0.29, 0.717) is 35.4 Å². The molecular weight excluding hydrogens is 484 g/mol. The fourth-order valence-corrected chi connectivity index (χ4v) is 3.53. The largest absolute Gasteiger partial charge is 0.489 e. The van der Waals surface area contributed by atoms with E-state index in [2.05, 4.69) is 5.32 Å². The van der Waals surface area contributed by atoms with Crippen molar-refractivity contribution in [3.8, 4) is 17.6 Å². The zero-order valence-corrected chi connectivity index (χ0v) is 21.0. The van der Waals surface area contributed by atoms with E-state index in [0.717, 1.165) is 16.7 Å². The Morgan fingerprint density at radius 1 is 0.811 bits per heavy atom. The number of benzene rings is 4. The average molecular weight is 509 g/mol. The van der Waals surface area contributed by atoms with Crippen LogP contribution in [-0.4, -0.2) is 5.91 Å². The number of amides is 1. The molecule has 5 nitrogen and oxygen atoms in total. The van der Waals surface area contributed by atoms with E-state index < -0.39 is 5.91 Å². The lowest BCUT2D eigenvalue weighted by Crippen LogP contribution is -2.13. The van der Waals surface area contributed by atoms with Crippen LogP contribution in [0, 0.1) is 18.3 Å². The number of nitrogens with one attached hydrogen (secondary N) is 1. The van der Waals surface area contributed by atoms with Crippen molar-refractivity contribution in [1.29, 1.82) is 5.26 Å². The maximum atomic E-state index is 12.7. The zero-order valence-electron chi connectivity index (χ0n) is 20.3. The molecule has 0 fully saturated rings.